The van der Waals surface area contributed by atoms with E-state index in [4.69, 9.17) is 0 Å². The molecule has 46 valence electrons. The van der Waals surface area contributed by atoms with Crippen molar-refractivity contribution in [1.82, 2.24) is 0 Å². The summed E-state index contributed by atoms with van der Waals surface area (Å²) in [5.41, 5.74) is 0. The molecule has 0 spiro atoms. The molecule has 0 radical (unpaired) electrons. The summed E-state index contributed by atoms with van der Waals surface area (Å²) in [4.78, 5) is 10.2. The Morgan fingerprint density at radius 1 is 1.75 bits per heavy atom. The molecule has 0 saturated heterocycles. The maximum atomic E-state index is 10.2. The van der Waals surface area contributed by atoms with Crippen molar-refractivity contribution in [3.05, 3.63) is 12.2 Å². The van der Waals surface area contributed by atoms with Gasteiger partial charge in [0.05, 0.1) is 0 Å². The Balaban J connectivity index is 3.05. The number of carbonyl (C=O) groups excluding carboxylic acids is 1. The predicted molar refractivity (Wildman–Crippen MR) is 38.0 cm³/mol. The van der Waals surface area contributed by atoms with Gasteiger partial charge in [0, 0.05) is 12.7 Å². The minimum absolute atomic E-state index is 0.183. The fourth-order valence-corrected chi connectivity index (χ4v) is 0.785. The smallest absolute Gasteiger partial charge is 0.186 e. The SMILES string of the molecule is C/C=C\CSC(C)=O. The maximum Gasteiger partial charge on any atom is 0.186 e. The molecule has 2 heteroatoms. The molecule has 0 aliphatic rings. The van der Waals surface area contributed by atoms with E-state index >= 15 is 0 Å². The summed E-state index contributed by atoms with van der Waals surface area (Å²) >= 11 is 1.33. The second-order valence-corrected chi connectivity index (χ2v) is 2.57. The molecule has 0 saturated carbocycles. The molecule has 0 aromatic heterocycles. The Kier molecular flexibility index (Phi) is 4.76. The number of carbonyl (C=O) groups is 1. The minimum atomic E-state index is 0.183. The van der Waals surface area contributed by atoms with Gasteiger partial charge in [-0.25, -0.2) is 0 Å². The van der Waals surface area contributed by atoms with E-state index in [9.17, 15) is 4.79 Å². The molecule has 0 heterocycles. The average Bonchev–Trinajstić information content (AvgIpc) is 1.66. The van der Waals surface area contributed by atoms with Crippen molar-refractivity contribution in [3.63, 3.8) is 0 Å². The lowest BCUT2D eigenvalue weighted by Gasteiger charge is -1.84. The summed E-state index contributed by atoms with van der Waals surface area (Å²) in [6, 6.07) is 0. The topological polar surface area (TPSA) is 17.1 Å². The molecule has 0 aliphatic heterocycles. The highest BCUT2D eigenvalue weighted by atomic mass is 32.2. The van der Waals surface area contributed by atoms with Gasteiger partial charge in [-0.3, -0.25) is 4.79 Å². The largest absolute Gasteiger partial charge is 0.288 e. The van der Waals surface area contributed by atoms with Crippen molar-refractivity contribution >= 4 is 16.9 Å². The molecule has 8 heavy (non-hydrogen) atoms. The zero-order valence-corrected chi connectivity index (χ0v) is 5.99. The van der Waals surface area contributed by atoms with Gasteiger partial charge in [-0.2, -0.15) is 0 Å². The van der Waals surface area contributed by atoms with Crippen LogP contribution in [0.3, 0.4) is 0 Å². The first-order valence-corrected chi connectivity index (χ1v) is 3.50. The highest BCUT2D eigenvalue weighted by molar-refractivity contribution is 8.13. The molecule has 0 aromatic carbocycles. The number of hydrogen-bond acceptors (Lipinski definition) is 2. The molecule has 0 unspecified atom stereocenters. The Bertz CT molecular complexity index is 96.7. The Morgan fingerprint density at radius 3 is 2.75 bits per heavy atom. The molecule has 0 bridgehead atoms. The van der Waals surface area contributed by atoms with E-state index in [-0.39, 0.29) is 5.12 Å². The summed E-state index contributed by atoms with van der Waals surface area (Å²) in [6.45, 7) is 3.52. The Hall–Kier alpha value is -0.240. The summed E-state index contributed by atoms with van der Waals surface area (Å²) in [7, 11) is 0. The molecule has 0 aliphatic carbocycles. The van der Waals surface area contributed by atoms with E-state index in [1.165, 1.54) is 11.8 Å². The van der Waals surface area contributed by atoms with Crippen LogP contribution in [0.5, 0.6) is 0 Å². The van der Waals surface area contributed by atoms with E-state index in [1.807, 2.05) is 19.1 Å². The van der Waals surface area contributed by atoms with Gasteiger partial charge in [-0.1, -0.05) is 23.9 Å². The van der Waals surface area contributed by atoms with Gasteiger partial charge >= 0.3 is 0 Å². The molecule has 1 nitrogen and oxygen atoms in total. The lowest BCUT2D eigenvalue weighted by atomic mass is 10.6. The van der Waals surface area contributed by atoms with E-state index in [2.05, 4.69) is 0 Å². The maximum absolute atomic E-state index is 10.2. The zero-order valence-electron chi connectivity index (χ0n) is 5.18. The predicted octanol–water partition coefficient (Wildman–Crippen LogP) is 1.84. The van der Waals surface area contributed by atoms with Crippen molar-refractivity contribution in [1.29, 1.82) is 0 Å². The summed E-state index contributed by atoms with van der Waals surface area (Å²) < 4.78 is 0. The lowest BCUT2D eigenvalue weighted by molar-refractivity contribution is -0.109. The van der Waals surface area contributed by atoms with Crippen LogP contribution in [-0.2, 0) is 4.79 Å². The average molecular weight is 130 g/mol. The highest BCUT2D eigenvalue weighted by Crippen LogP contribution is 1.99. The van der Waals surface area contributed by atoms with E-state index in [1.54, 1.807) is 6.92 Å². The first-order valence-electron chi connectivity index (χ1n) is 2.52. The van der Waals surface area contributed by atoms with Gasteiger partial charge in [-0.15, -0.1) is 0 Å². The third-order valence-electron chi connectivity index (χ3n) is 0.619. The summed E-state index contributed by atoms with van der Waals surface area (Å²) in [5.74, 6) is 0.811. The fraction of sp³-hybridized carbons (Fsp3) is 0.500. The summed E-state index contributed by atoms with van der Waals surface area (Å²) in [5, 5.41) is 0.183. The second kappa shape index (κ2) is 4.91. The van der Waals surface area contributed by atoms with Crippen LogP contribution in [0.25, 0.3) is 0 Å². The first-order chi connectivity index (χ1) is 3.77. The number of rotatable bonds is 2. The van der Waals surface area contributed by atoms with E-state index < -0.39 is 0 Å². The van der Waals surface area contributed by atoms with Gasteiger partial charge in [-0.05, 0) is 6.92 Å². The standard InChI is InChI=1S/C6H10OS/c1-3-4-5-8-6(2)7/h3-4H,5H2,1-2H3/b4-3-. The normalized spacial score (nSPS) is 10.2. The molecule has 0 amide bonds. The molecule has 0 rings (SSSR count). The van der Waals surface area contributed by atoms with Gasteiger partial charge in [0.25, 0.3) is 0 Å². The van der Waals surface area contributed by atoms with Crippen LogP contribution in [0.15, 0.2) is 12.2 Å². The van der Waals surface area contributed by atoms with E-state index in [0.29, 0.717) is 0 Å². The van der Waals surface area contributed by atoms with Crippen LogP contribution < -0.4 is 0 Å². The van der Waals surface area contributed by atoms with E-state index in [0.717, 1.165) is 5.75 Å². The highest BCUT2D eigenvalue weighted by Gasteiger charge is 1.86. The van der Waals surface area contributed by atoms with Gasteiger partial charge in [0.2, 0.25) is 0 Å². The number of allylic oxidation sites excluding steroid dienone is 1. The lowest BCUT2D eigenvalue weighted by Crippen LogP contribution is -1.80. The molecule has 0 fully saturated rings. The quantitative estimate of drug-likeness (QED) is 0.530. The van der Waals surface area contributed by atoms with Crippen molar-refractivity contribution in [3.8, 4) is 0 Å². The third-order valence-corrected chi connectivity index (χ3v) is 1.38. The Labute approximate surface area is 54.2 Å². The monoisotopic (exact) mass is 130 g/mol. The molecule has 0 aromatic rings. The van der Waals surface area contributed by atoms with Crippen molar-refractivity contribution in [2.24, 2.45) is 0 Å². The first kappa shape index (κ1) is 7.76. The van der Waals surface area contributed by atoms with Crippen molar-refractivity contribution < 1.29 is 4.79 Å². The van der Waals surface area contributed by atoms with Crippen LogP contribution in [0.1, 0.15) is 13.8 Å². The molecule has 0 atom stereocenters. The minimum Gasteiger partial charge on any atom is -0.288 e. The van der Waals surface area contributed by atoms with Crippen molar-refractivity contribution in [2.75, 3.05) is 5.75 Å². The second-order valence-electron chi connectivity index (χ2n) is 1.37. The summed E-state index contributed by atoms with van der Waals surface area (Å²) in [6.07, 6.45) is 3.90. The van der Waals surface area contributed by atoms with Gasteiger partial charge in [0.1, 0.15) is 0 Å². The number of hydrogen-bond donors (Lipinski definition) is 0. The zero-order chi connectivity index (χ0) is 6.41. The number of thioether (sulfide) groups is 1. The van der Waals surface area contributed by atoms with Gasteiger partial charge < -0.3 is 0 Å². The molecular weight excluding hydrogens is 120 g/mol. The van der Waals surface area contributed by atoms with Crippen LogP contribution in [0, 0.1) is 0 Å². The fourth-order valence-electron chi connectivity index (χ4n) is 0.262. The van der Waals surface area contributed by atoms with Gasteiger partial charge in [0.15, 0.2) is 5.12 Å². The van der Waals surface area contributed by atoms with Crippen molar-refractivity contribution in [2.45, 2.75) is 13.8 Å². The molecule has 0 N–H and O–H groups in total. The van der Waals surface area contributed by atoms with Crippen LogP contribution in [-0.4, -0.2) is 10.9 Å². The van der Waals surface area contributed by atoms with Crippen LogP contribution in [0.4, 0.5) is 0 Å². The molecular formula is C6H10OS. The third kappa shape index (κ3) is 5.76. The van der Waals surface area contributed by atoms with Crippen LogP contribution >= 0.6 is 11.8 Å². The van der Waals surface area contributed by atoms with Crippen LogP contribution in [0.2, 0.25) is 0 Å². The Morgan fingerprint density at radius 2 is 2.38 bits per heavy atom.